The van der Waals surface area contributed by atoms with Crippen LogP contribution in [-0.4, -0.2) is 19.2 Å². The van der Waals surface area contributed by atoms with Crippen molar-refractivity contribution in [3.05, 3.63) is 54.0 Å². The molecule has 0 saturated carbocycles. The maximum Gasteiger partial charge on any atom is 0.178 e. The van der Waals surface area contributed by atoms with Crippen molar-refractivity contribution in [1.82, 2.24) is 4.98 Å². The van der Waals surface area contributed by atoms with Gasteiger partial charge in [-0.2, -0.15) is 0 Å². The van der Waals surface area contributed by atoms with Gasteiger partial charge in [-0.25, -0.2) is 12.8 Å². The van der Waals surface area contributed by atoms with Gasteiger partial charge in [0.1, 0.15) is 5.82 Å². The lowest BCUT2D eigenvalue weighted by molar-refractivity contribution is 0.597. The molecule has 3 nitrogen and oxygen atoms in total. The Morgan fingerprint density at radius 3 is 2.48 bits per heavy atom. The molecule has 0 amide bonds. The van der Waals surface area contributed by atoms with Crippen LogP contribution in [0.15, 0.2) is 57.2 Å². The molecule has 2 aromatic carbocycles. The number of benzene rings is 2. The number of hydrogen-bond acceptors (Lipinski definition) is 3. The summed E-state index contributed by atoms with van der Waals surface area (Å²) in [7, 11) is -3.18. The number of aromatic amines is 1. The van der Waals surface area contributed by atoms with Crippen LogP contribution in [0.5, 0.6) is 0 Å². The molecule has 0 fully saturated rings. The fourth-order valence-corrected chi connectivity index (χ4v) is 4.29. The fraction of sp³-hybridized carbons (Fsp3) is 0.176. The molecule has 0 aliphatic rings. The molecule has 120 valence electrons. The van der Waals surface area contributed by atoms with E-state index in [9.17, 15) is 12.8 Å². The van der Waals surface area contributed by atoms with Crippen molar-refractivity contribution in [2.24, 2.45) is 0 Å². The molecule has 0 aliphatic carbocycles. The van der Waals surface area contributed by atoms with Crippen LogP contribution in [0.25, 0.3) is 10.9 Å². The molecule has 1 heterocycles. The van der Waals surface area contributed by atoms with Crippen LogP contribution in [0.1, 0.15) is 12.6 Å². The van der Waals surface area contributed by atoms with E-state index in [1.165, 1.54) is 23.9 Å². The van der Waals surface area contributed by atoms with Crippen molar-refractivity contribution < 1.29 is 12.8 Å². The molecule has 0 spiro atoms. The average Bonchev–Trinajstić information content (AvgIpc) is 2.83. The minimum atomic E-state index is -3.18. The van der Waals surface area contributed by atoms with Crippen LogP contribution in [0.3, 0.4) is 0 Å². The van der Waals surface area contributed by atoms with Gasteiger partial charge < -0.3 is 4.98 Å². The van der Waals surface area contributed by atoms with Crippen LogP contribution in [0.4, 0.5) is 4.39 Å². The van der Waals surface area contributed by atoms with Gasteiger partial charge in [0.25, 0.3) is 0 Å². The highest BCUT2D eigenvalue weighted by Gasteiger charge is 2.13. The van der Waals surface area contributed by atoms with Crippen LogP contribution < -0.4 is 0 Å². The van der Waals surface area contributed by atoms with Gasteiger partial charge in [0, 0.05) is 26.4 Å². The van der Waals surface area contributed by atoms with Gasteiger partial charge in [0.15, 0.2) is 9.84 Å². The van der Waals surface area contributed by atoms with Crippen molar-refractivity contribution in [1.29, 1.82) is 0 Å². The van der Waals surface area contributed by atoms with E-state index in [2.05, 4.69) is 4.98 Å². The zero-order valence-corrected chi connectivity index (χ0v) is 14.4. The summed E-state index contributed by atoms with van der Waals surface area (Å²) in [5.74, 6) is -0.184. The van der Waals surface area contributed by atoms with Crippen LogP contribution in [0.2, 0.25) is 0 Å². The fourth-order valence-electron chi connectivity index (χ4n) is 2.41. The summed E-state index contributed by atoms with van der Waals surface area (Å²) in [4.78, 5) is 5.47. The Balaban J connectivity index is 1.95. The molecule has 0 atom stereocenters. The van der Waals surface area contributed by atoms with E-state index in [4.69, 9.17) is 0 Å². The summed E-state index contributed by atoms with van der Waals surface area (Å²) in [6, 6.07) is 11.5. The van der Waals surface area contributed by atoms with Crippen molar-refractivity contribution in [2.75, 3.05) is 5.75 Å². The molecule has 0 unspecified atom stereocenters. The van der Waals surface area contributed by atoms with E-state index in [1.807, 2.05) is 6.92 Å². The largest absolute Gasteiger partial charge is 0.358 e. The monoisotopic (exact) mass is 349 g/mol. The summed E-state index contributed by atoms with van der Waals surface area (Å²) in [6.45, 7) is 3.57. The van der Waals surface area contributed by atoms with Gasteiger partial charge in [0.05, 0.1) is 10.6 Å². The Morgan fingerprint density at radius 1 is 1.13 bits per heavy atom. The van der Waals surface area contributed by atoms with E-state index >= 15 is 0 Å². The maximum absolute atomic E-state index is 13.3. The number of nitrogens with one attached hydrogen (secondary N) is 1. The van der Waals surface area contributed by atoms with Crippen LogP contribution >= 0.6 is 11.8 Å². The topological polar surface area (TPSA) is 49.9 Å². The van der Waals surface area contributed by atoms with E-state index in [1.54, 1.807) is 37.3 Å². The first-order valence-electron chi connectivity index (χ1n) is 7.19. The normalized spacial score (nSPS) is 12.0. The van der Waals surface area contributed by atoms with E-state index in [-0.39, 0.29) is 11.6 Å². The smallest absolute Gasteiger partial charge is 0.178 e. The minimum absolute atomic E-state index is 0.0899. The molecular formula is C17H16FNO2S2. The first-order chi connectivity index (χ1) is 10.9. The molecule has 6 heteroatoms. The second kappa shape index (κ2) is 6.02. The van der Waals surface area contributed by atoms with Crippen molar-refractivity contribution in [3.8, 4) is 0 Å². The van der Waals surface area contributed by atoms with Crippen LogP contribution in [-0.2, 0) is 9.84 Å². The average molecular weight is 349 g/mol. The predicted molar refractivity (Wildman–Crippen MR) is 91.3 cm³/mol. The molecule has 3 aromatic rings. The summed E-state index contributed by atoms with van der Waals surface area (Å²) < 4.78 is 37.0. The number of aryl methyl sites for hydroxylation is 1. The number of halogens is 1. The van der Waals surface area contributed by atoms with Gasteiger partial charge in [-0.05, 0) is 49.4 Å². The molecule has 0 bridgehead atoms. The molecule has 23 heavy (non-hydrogen) atoms. The number of rotatable bonds is 4. The maximum atomic E-state index is 13.3. The van der Waals surface area contributed by atoms with Crippen molar-refractivity contribution in [3.63, 3.8) is 0 Å². The van der Waals surface area contributed by atoms with E-state index in [0.717, 1.165) is 26.4 Å². The second-order valence-electron chi connectivity index (χ2n) is 5.25. The lowest BCUT2D eigenvalue weighted by Crippen LogP contribution is -2.02. The van der Waals surface area contributed by atoms with Crippen molar-refractivity contribution >= 4 is 32.5 Å². The third-order valence-electron chi connectivity index (χ3n) is 3.67. The molecule has 3 rings (SSSR count). The highest BCUT2D eigenvalue weighted by Crippen LogP contribution is 2.36. The predicted octanol–water partition coefficient (Wildman–Crippen LogP) is 4.56. The van der Waals surface area contributed by atoms with Crippen molar-refractivity contribution in [2.45, 2.75) is 28.5 Å². The first-order valence-corrected chi connectivity index (χ1v) is 9.66. The Morgan fingerprint density at radius 2 is 1.83 bits per heavy atom. The Kier molecular flexibility index (Phi) is 4.21. The molecule has 1 aromatic heterocycles. The Labute approximate surface area is 138 Å². The number of fused-ring (bicyclic) bond motifs is 1. The zero-order chi connectivity index (χ0) is 16.6. The second-order valence-corrected chi connectivity index (χ2v) is 8.61. The lowest BCUT2D eigenvalue weighted by Gasteiger charge is -2.05. The third-order valence-corrected chi connectivity index (χ3v) is 6.66. The van der Waals surface area contributed by atoms with Gasteiger partial charge in [0.2, 0.25) is 0 Å². The van der Waals surface area contributed by atoms with Gasteiger partial charge in [-0.15, -0.1) is 0 Å². The standard InChI is InChI=1S/C17H16FNO2S2/c1-3-23(20,21)14-7-5-13(6-8-14)22-17-11(2)19-16-10-12(18)4-9-15(16)17/h4-10,19H,3H2,1-2H3. The highest BCUT2D eigenvalue weighted by molar-refractivity contribution is 7.99. The first kappa shape index (κ1) is 16.1. The van der Waals surface area contributed by atoms with E-state index in [0.29, 0.717) is 4.90 Å². The summed E-state index contributed by atoms with van der Waals surface area (Å²) in [5.41, 5.74) is 1.72. The van der Waals surface area contributed by atoms with Crippen LogP contribution in [0, 0.1) is 12.7 Å². The van der Waals surface area contributed by atoms with E-state index < -0.39 is 9.84 Å². The Hall–Kier alpha value is -1.79. The Bertz CT molecular complexity index is 960. The van der Waals surface area contributed by atoms with Gasteiger partial charge in [-0.3, -0.25) is 0 Å². The number of H-pyrrole nitrogens is 1. The molecule has 0 radical (unpaired) electrons. The third kappa shape index (κ3) is 3.14. The summed E-state index contributed by atoms with van der Waals surface area (Å²) in [6.07, 6.45) is 0. The number of hydrogen-bond donors (Lipinski definition) is 1. The molecule has 1 N–H and O–H groups in total. The summed E-state index contributed by atoms with van der Waals surface area (Å²) >= 11 is 1.53. The zero-order valence-electron chi connectivity index (χ0n) is 12.8. The van der Waals surface area contributed by atoms with Gasteiger partial charge in [-0.1, -0.05) is 18.7 Å². The molecule has 0 aliphatic heterocycles. The van der Waals surface area contributed by atoms with Gasteiger partial charge >= 0.3 is 0 Å². The molecular weight excluding hydrogens is 333 g/mol. The SMILES string of the molecule is CCS(=O)(=O)c1ccc(Sc2c(C)[nH]c3cc(F)ccc23)cc1. The lowest BCUT2D eigenvalue weighted by atomic mass is 10.2. The number of aromatic nitrogens is 1. The molecule has 0 saturated heterocycles. The highest BCUT2D eigenvalue weighted by atomic mass is 32.2. The quantitative estimate of drug-likeness (QED) is 0.751. The summed E-state index contributed by atoms with van der Waals surface area (Å²) in [5, 5.41) is 0.958. The number of sulfone groups is 1. The minimum Gasteiger partial charge on any atom is -0.358 e.